The maximum atomic E-state index is 12.7. The molecule has 152 valence electrons. The number of nitrogens with one attached hydrogen (secondary N) is 2. The average Bonchev–Trinajstić information content (AvgIpc) is 2.70. The van der Waals surface area contributed by atoms with Crippen molar-refractivity contribution in [3.8, 4) is 11.5 Å². The predicted molar refractivity (Wildman–Crippen MR) is 104 cm³/mol. The summed E-state index contributed by atoms with van der Waals surface area (Å²) in [4.78, 5) is 8.18. The molecule has 4 N–H and O–H groups in total. The molecule has 0 spiro atoms. The van der Waals surface area contributed by atoms with E-state index in [-0.39, 0.29) is 11.5 Å². The van der Waals surface area contributed by atoms with Gasteiger partial charge in [0.15, 0.2) is 11.6 Å². The number of alkyl halides is 3. The van der Waals surface area contributed by atoms with Crippen LogP contribution in [0, 0.1) is 0 Å². The van der Waals surface area contributed by atoms with Crippen molar-refractivity contribution in [1.29, 1.82) is 0 Å². The van der Waals surface area contributed by atoms with Gasteiger partial charge in [0.25, 0.3) is 0 Å². The van der Waals surface area contributed by atoms with Crippen LogP contribution in [0.3, 0.4) is 0 Å². The zero-order valence-corrected chi connectivity index (χ0v) is 15.5. The van der Waals surface area contributed by atoms with E-state index in [0.29, 0.717) is 28.7 Å². The Balaban J connectivity index is 1.85. The molecule has 0 unspecified atom stereocenters. The molecule has 1 heterocycles. The first-order chi connectivity index (χ1) is 13.8. The largest absolute Gasteiger partial charge is 0.497 e. The van der Waals surface area contributed by atoms with Gasteiger partial charge < -0.3 is 25.8 Å². The third-order valence-electron chi connectivity index (χ3n) is 4.02. The lowest BCUT2D eigenvalue weighted by atomic mass is 10.2. The van der Waals surface area contributed by atoms with Gasteiger partial charge in [-0.25, -0.2) is 9.97 Å². The molecule has 0 radical (unpaired) electrons. The highest BCUT2D eigenvalue weighted by Gasteiger charge is 2.30. The Morgan fingerprint density at radius 1 is 0.897 bits per heavy atom. The summed E-state index contributed by atoms with van der Waals surface area (Å²) in [6.07, 6.45) is -3.13. The van der Waals surface area contributed by atoms with E-state index in [2.05, 4.69) is 20.6 Å². The van der Waals surface area contributed by atoms with Crippen LogP contribution in [0.25, 0.3) is 0 Å². The molecule has 1 aromatic heterocycles. The first-order valence-corrected chi connectivity index (χ1v) is 8.35. The standard InChI is InChI=1S/C19H18F3N5O2/c1-28-13-7-8-15(29-2)14(9-13)27-18-16(23)17(24-10-25-18)26-12-5-3-11(4-6-12)19(20,21)22/h3-10H,23H2,1-2H3,(H2,24,25,26,27). The van der Waals surface area contributed by atoms with Crippen LogP contribution in [0.2, 0.25) is 0 Å². The Labute approximate surface area is 164 Å². The maximum absolute atomic E-state index is 12.7. The highest BCUT2D eigenvalue weighted by molar-refractivity contribution is 5.81. The summed E-state index contributed by atoms with van der Waals surface area (Å²) >= 11 is 0. The van der Waals surface area contributed by atoms with Gasteiger partial charge in [0.05, 0.1) is 25.5 Å². The van der Waals surface area contributed by atoms with Crippen molar-refractivity contribution in [2.45, 2.75) is 6.18 Å². The van der Waals surface area contributed by atoms with Crippen LogP contribution in [0.1, 0.15) is 5.56 Å². The summed E-state index contributed by atoms with van der Waals surface area (Å²) in [5, 5.41) is 5.94. The van der Waals surface area contributed by atoms with Gasteiger partial charge in [0.2, 0.25) is 0 Å². The molecule has 0 amide bonds. The van der Waals surface area contributed by atoms with Crippen LogP contribution in [0.15, 0.2) is 48.8 Å². The number of aromatic nitrogens is 2. The topological polar surface area (TPSA) is 94.3 Å². The van der Waals surface area contributed by atoms with Crippen LogP contribution < -0.4 is 25.8 Å². The molecule has 3 rings (SSSR count). The van der Waals surface area contributed by atoms with Crippen LogP contribution >= 0.6 is 0 Å². The molecule has 10 heteroatoms. The van der Waals surface area contributed by atoms with Crippen molar-refractivity contribution in [1.82, 2.24) is 9.97 Å². The molecule has 0 fully saturated rings. The lowest BCUT2D eigenvalue weighted by Crippen LogP contribution is -2.07. The summed E-state index contributed by atoms with van der Waals surface area (Å²) < 4.78 is 48.6. The van der Waals surface area contributed by atoms with E-state index in [9.17, 15) is 13.2 Å². The Bertz CT molecular complexity index is 994. The van der Waals surface area contributed by atoms with E-state index in [1.165, 1.54) is 32.7 Å². The third kappa shape index (κ3) is 4.60. The highest BCUT2D eigenvalue weighted by atomic mass is 19.4. The second-order valence-electron chi connectivity index (χ2n) is 5.88. The first-order valence-electron chi connectivity index (χ1n) is 8.35. The van der Waals surface area contributed by atoms with Crippen molar-refractivity contribution >= 4 is 28.7 Å². The number of rotatable bonds is 6. The van der Waals surface area contributed by atoms with Crippen molar-refractivity contribution in [3.63, 3.8) is 0 Å². The van der Waals surface area contributed by atoms with E-state index in [1.807, 2.05) is 0 Å². The monoisotopic (exact) mass is 405 g/mol. The number of hydrogen-bond acceptors (Lipinski definition) is 7. The Morgan fingerprint density at radius 3 is 2.14 bits per heavy atom. The van der Waals surface area contributed by atoms with Gasteiger partial charge in [-0.05, 0) is 36.4 Å². The molecule has 0 saturated heterocycles. The summed E-state index contributed by atoms with van der Waals surface area (Å²) in [6, 6.07) is 9.71. The van der Waals surface area contributed by atoms with Crippen molar-refractivity contribution in [2.75, 3.05) is 30.6 Å². The third-order valence-corrected chi connectivity index (χ3v) is 4.02. The number of nitrogens with two attached hydrogens (primary N) is 1. The minimum absolute atomic E-state index is 0.178. The number of benzene rings is 2. The SMILES string of the molecule is COc1ccc(OC)c(Nc2ncnc(Nc3ccc(C(F)(F)F)cc3)c2N)c1. The van der Waals surface area contributed by atoms with Crippen molar-refractivity contribution in [2.24, 2.45) is 0 Å². The Morgan fingerprint density at radius 2 is 1.55 bits per heavy atom. The molecular formula is C19H18F3N5O2. The second kappa shape index (κ2) is 8.13. The summed E-state index contributed by atoms with van der Waals surface area (Å²) in [6.45, 7) is 0. The molecule has 3 aromatic rings. The molecule has 0 aliphatic heterocycles. The number of methoxy groups -OCH3 is 2. The van der Waals surface area contributed by atoms with Crippen molar-refractivity contribution in [3.05, 3.63) is 54.4 Å². The summed E-state index contributed by atoms with van der Waals surface area (Å²) in [5.41, 5.74) is 6.54. The number of ether oxygens (including phenoxy) is 2. The van der Waals surface area contributed by atoms with Gasteiger partial charge in [0, 0.05) is 11.8 Å². The molecule has 0 aliphatic rings. The molecule has 0 bridgehead atoms. The lowest BCUT2D eigenvalue weighted by Gasteiger charge is -2.15. The minimum Gasteiger partial charge on any atom is -0.497 e. The molecule has 2 aromatic carbocycles. The van der Waals surface area contributed by atoms with Gasteiger partial charge in [-0.3, -0.25) is 0 Å². The first kappa shape index (κ1) is 20.1. The molecular weight excluding hydrogens is 387 g/mol. The summed E-state index contributed by atoms with van der Waals surface area (Å²) in [7, 11) is 3.06. The van der Waals surface area contributed by atoms with E-state index >= 15 is 0 Å². The zero-order chi connectivity index (χ0) is 21.0. The smallest absolute Gasteiger partial charge is 0.416 e. The molecule has 0 atom stereocenters. The fourth-order valence-electron chi connectivity index (χ4n) is 2.51. The average molecular weight is 405 g/mol. The molecule has 7 nitrogen and oxygen atoms in total. The Kier molecular flexibility index (Phi) is 5.62. The van der Waals surface area contributed by atoms with Crippen LogP contribution in [0.4, 0.5) is 41.9 Å². The number of nitrogens with zero attached hydrogens (tertiary/aromatic N) is 2. The summed E-state index contributed by atoms with van der Waals surface area (Å²) in [5.74, 6) is 1.68. The number of halogens is 3. The quantitative estimate of drug-likeness (QED) is 0.552. The van der Waals surface area contributed by atoms with E-state index in [1.54, 1.807) is 18.2 Å². The van der Waals surface area contributed by atoms with Gasteiger partial charge >= 0.3 is 6.18 Å². The molecule has 29 heavy (non-hydrogen) atoms. The van der Waals surface area contributed by atoms with Gasteiger partial charge in [-0.1, -0.05) is 0 Å². The molecule has 0 saturated carbocycles. The normalized spacial score (nSPS) is 11.1. The van der Waals surface area contributed by atoms with Crippen LogP contribution in [-0.2, 0) is 6.18 Å². The number of anilines is 5. The second-order valence-corrected chi connectivity index (χ2v) is 5.88. The van der Waals surface area contributed by atoms with Crippen molar-refractivity contribution < 1.29 is 22.6 Å². The fraction of sp³-hybridized carbons (Fsp3) is 0.158. The molecule has 0 aliphatic carbocycles. The number of hydrogen-bond donors (Lipinski definition) is 3. The van der Waals surface area contributed by atoms with Gasteiger partial charge in [-0.2, -0.15) is 13.2 Å². The van der Waals surface area contributed by atoms with E-state index in [4.69, 9.17) is 15.2 Å². The van der Waals surface area contributed by atoms with Gasteiger partial charge in [0.1, 0.15) is 23.5 Å². The highest BCUT2D eigenvalue weighted by Crippen LogP contribution is 2.35. The number of nitrogen functional groups attached to an aromatic ring is 1. The zero-order valence-electron chi connectivity index (χ0n) is 15.5. The van der Waals surface area contributed by atoms with Crippen LogP contribution in [-0.4, -0.2) is 24.2 Å². The van der Waals surface area contributed by atoms with Crippen LogP contribution in [0.5, 0.6) is 11.5 Å². The predicted octanol–water partition coefficient (Wildman–Crippen LogP) is 4.58. The van der Waals surface area contributed by atoms with Gasteiger partial charge in [-0.15, -0.1) is 0 Å². The Hall–Kier alpha value is -3.69. The lowest BCUT2D eigenvalue weighted by molar-refractivity contribution is -0.137. The minimum atomic E-state index is -4.40. The fourth-order valence-corrected chi connectivity index (χ4v) is 2.51. The van der Waals surface area contributed by atoms with E-state index < -0.39 is 11.7 Å². The van der Waals surface area contributed by atoms with E-state index in [0.717, 1.165) is 12.1 Å². The maximum Gasteiger partial charge on any atom is 0.416 e.